The summed E-state index contributed by atoms with van der Waals surface area (Å²) >= 11 is 6.03. The van der Waals surface area contributed by atoms with Gasteiger partial charge in [0.15, 0.2) is 0 Å². The lowest BCUT2D eigenvalue weighted by atomic mass is 10.2. The summed E-state index contributed by atoms with van der Waals surface area (Å²) in [4.78, 5) is 25.0. The average Bonchev–Trinajstić information content (AvgIpc) is 2.67. The molecule has 0 saturated heterocycles. The van der Waals surface area contributed by atoms with Gasteiger partial charge in [-0.3, -0.25) is 9.59 Å². The second-order valence-corrected chi connectivity index (χ2v) is 6.14. The molecule has 0 atom stereocenters. The zero-order chi connectivity index (χ0) is 19.4. The topological polar surface area (TPSA) is 60.3 Å². The van der Waals surface area contributed by atoms with E-state index >= 15 is 0 Å². The molecular weight excluding hydrogens is 371 g/mol. The maximum absolute atomic E-state index is 14.0. The third-order valence-corrected chi connectivity index (χ3v) is 4.36. The van der Waals surface area contributed by atoms with E-state index in [0.717, 1.165) is 0 Å². The number of hydrogen-bond donors (Lipinski definition) is 1. The minimum atomic E-state index is -0.498. The second kappa shape index (κ2) is 8.05. The fourth-order valence-electron chi connectivity index (χ4n) is 2.55. The molecule has 0 radical (unpaired) electrons. The number of carbonyl (C=O) groups excluding carboxylic acids is 1. The van der Waals surface area contributed by atoms with Crippen LogP contribution in [0.3, 0.4) is 0 Å². The molecule has 3 rings (SSSR count). The molecule has 0 aliphatic rings. The Balaban J connectivity index is 1.84. The number of halogens is 2. The largest absolute Gasteiger partial charge is 0.497 e. The normalized spacial score (nSPS) is 10.5. The van der Waals surface area contributed by atoms with Crippen LogP contribution in [0, 0.1) is 5.82 Å². The number of anilines is 1. The van der Waals surface area contributed by atoms with Crippen molar-refractivity contribution in [3.63, 3.8) is 0 Å². The van der Waals surface area contributed by atoms with E-state index < -0.39 is 17.3 Å². The number of pyridine rings is 1. The number of carbonyl (C=O) groups is 1. The van der Waals surface area contributed by atoms with E-state index in [4.69, 9.17) is 16.3 Å². The first-order chi connectivity index (χ1) is 13.0. The zero-order valence-corrected chi connectivity index (χ0v) is 15.2. The first kappa shape index (κ1) is 18.7. The number of ether oxygens (including phenoxy) is 1. The van der Waals surface area contributed by atoms with Gasteiger partial charge in [-0.1, -0.05) is 17.7 Å². The molecule has 0 spiro atoms. The Morgan fingerprint density at radius 3 is 2.56 bits per heavy atom. The predicted molar refractivity (Wildman–Crippen MR) is 102 cm³/mol. The summed E-state index contributed by atoms with van der Waals surface area (Å²) in [7, 11) is 1.53. The van der Waals surface area contributed by atoms with Gasteiger partial charge in [-0.15, -0.1) is 0 Å². The molecule has 1 aromatic heterocycles. The zero-order valence-electron chi connectivity index (χ0n) is 14.4. The summed E-state index contributed by atoms with van der Waals surface area (Å²) in [6, 6.07) is 13.9. The van der Waals surface area contributed by atoms with Crippen molar-refractivity contribution >= 4 is 23.2 Å². The molecule has 0 fully saturated rings. The second-order valence-electron chi connectivity index (χ2n) is 5.74. The maximum Gasteiger partial charge on any atom is 0.274 e. The van der Waals surface area contributed by atoms with Crippen LogP contribution in [0.4, 0.5) is 10.1 Å². The highest BCUT2D eigenvalue weighted by molar-refractivity contribution is 6.31. The van der Waals surface area contributed by atoms with Crippen LogP contribution >= 0.6 is 11.6 Å². The van der Waals surface area contributed by atoms with Crippen LogP contribution in [-0.2, 0) is 6.54 Å². The summed E-state index contributed by atoms with van der Waals surface area (Å²) in [5, 5.41) is 2.81. The lowest BCUT2D eigenvalue weighted by Crippen LogP contribution is -2.26. The number of aromatic nitrogens is 1. The van der Waals surface area contributed by atoms with Gasteiger partial charge in [-0.2, -0.15) is 0 Å². The molecule has 5 nitrogen and oxygen atoms in total. The van der Waals surface area contributed by atoms with E-state index in [2.05, 4.69) is 5.32 Å². The van der Waals surface area contributed by atoms with Gasteiger partial charge in [0.05, 0.1) is 13.7 Å². The van der Waals surface area contributed by atoms with Crippen molar-refractivity contribution in [1.82, 2.24) is 4.57 Å². The Kier molecular flexibility index (Phi) is 5.57. The van der Waals surface area contributed by atoms with E-state index in [-0.39, 0.29) is 22.8 Å². The average molecular weight is 387 g/mol. The lowest BCUT2D eigenvalue weighted by molar-refractivity contribution is 0.102. The van der Waals surface area contributed by atoms with Crippen molar-refractivity contribution in [1.29, 1.82) is 0 Å². The fraction of sp³-hybridized carbons (Fsp3) is 0.100. The van der Waals surface area contributed by atoms with Crippen molar-refractivity contribution in [2.24, 2.45) is 0 Å². The van der Waals surface area contributed by atoms with Crippen LogP contribution in [0.5, 0.6) is 5.75 Å². The van der Waals surface area contributed by atoms with E-state index in [9.17, 15) is 14.0 Å². The van der Waals surface area contributed by atoms with E-state index in [0.29, 0.717) is 11.3 Å². The van der Waals surface area contributed by atoms with Crippen LogP contribution < -0.4 is 15.6 Å². The van der Waals surface area contributed by atoms with Gasteiger partial charge in [-0.25, -0.2) is 4.39 Å². The summed E-state index contributed by atoms with van der Waals surface area (Å²) in [6.07, 6.45) is 1.51. The van der Waals surface area contributed by atoms with Gasteiger partial charge in [-0.05, 0) is 48.5 Å². The SMILES string of the molecule is COc1ccc(C(=O)Nc2cccn(Cc3c(F)cccc3Cl)c2=O)cc1. The van der Waals surface area contributed by atoms with E-state index in [1.165, 1.54) is 36.1 Å². The standard InChI is InChI=1S/C20H16ClFN2O3/c1-27-14-9-7-13(8-10-14)19(25)23-18-6-3-11-24(20(18)26)12-15-16(21)4-2-5-17(15)22/h2-11H,12H2,1H3,(H,23,25). The Morgan fingerprint density at radius 1 is 1.15 bits per heavy atom. The third kappa shape index (κ3) is 4.17. The van der Waals surface area contributed by atoms with Crippen LogP contribution in [0.1, 0.15) is 15.9 Å². The highest BCUT2D eigenvalue weighted by Crippen LogP contribution is 2.20. The highest BCUT2D eigenvalue weighted by Gasteiger charge is 2.12. The monoisotopic (exact) mass is 386 g/mol. The first-order valence-corrected chi connectivity index (χ1v) is 8.45. The smallest absolute Gasteiger partial charge is 0.274 e. The highest BCUT2D eigenvalue weighted by atomic mass is 35.5. The van der Waals surface area contributed by atoms with Gasteiger partial charge in [0.1, 0.15) is 17.3 Å². The third-order valence-electron chi connectivity index (χ3n) is 4.01. The molecule has 1 heterocycles. The van der Waals surface area contributed by atoms with Crippen molar-refractivity contribution in [3.05, 3.63) is 93.1 Å². The molecule has 1 N–H and O–H groups in total. The number of rotatable bonds is 5. The van der Waals surface area contributed by atoms with E-state index in [1.807, 2.05) is 0 Å². The van der Waals surface area contributed by atoms with Crippen LogP contribution in [-0.4, -0.2) is 17.6 Å². The van der Waals surface area contributed by atoms with Gasteiger partial charge in [0, 0.05) is 22.3 Å². The molecule has 1 amide bonds. The number of benzene rings is 2. The number of nitrogens with zero attached hydrogens (tertiary/aromatic N) is 1. The number of hydrogen-bond acceptors (Lipinski definition) is 3. The van der Waals surface area contributed by atoms with Crippen molar-refractivity contribution in [2.75, 3.05) is 12.4 Å². The predicted octanol–water partition coefficient (Wildman–Crippen LogP) is 3.95. The molecule has 138 valence electrons. The van der Waals surface area contributed by atoms with Crippen molar-refractivity contribution in [2.45, 2.75) is 6.54 Å². The Bertz CT molecular complexity index is 1010. The lowest BCUT2D eigenvalue weighted by Gasteiger charge is -2.11. The minimum absolute atomic E-state index is 0.0451. The van der Waals surface area contributed by atoms with Gasteiger partial charge < -0.3 is 14.6 Å². The molecule has 2 aromatic carbocycles. The summed E-state index contributed by atoms with van der Waals surface area (Å²) < 4.78 is 20.3. The molecule has 3 aromatic rings. The fourth-order valence-corrected chi connectivity index (χ4v) is 2.77. The summed E-state index contributed by atoms with van der Waals surface area (Å²) in [6.45, 7) is -0.0451. The molecular formula is C20H16ClFN2O3. The molecule has 0 bridgehead atoms. The molecule has 7 heteroatoms. The number of amides is 1. The van der Waals surface area contributed by atoms with Crippen LogP contribution in [0.2, 0.25) is 5.02 Å². The Labute approximate surface area is 160 Å². The quantitative estimate of drug-likeness (QED) is 0.722. The summed E-state index contributed by atoms with van der Waals surface area (Å²) in [5.41, 5.74) is 0.215. The van der Waals surface area contributed by atoms with Gasteiger partial charge >= 0.3 is 0 Å². The first-order valence-electron chi connectivity index (χ1n) is 8.07. The maximum atomic E-state index is 14.0. The number of methoxy groups -OCH3 is 1. The minimum Gasteiger partial charge on any atom is -0.497 e. The van der Waals surface area contributed by atoms with Crippen molar-refractivity contribution in [3.8, 4) is 5.75 Å². The van der Waals surface area contributed by atoms with Crippen LogP contribution in [0.15, 0.2) is 65.6 Å². The van der Waals surface area contributed by atoms with Crippen LogP contribution in [0.25, 0.3) is 0 Å². The Hall–Kier alpha value is -3.12. The summed E-state index contributed by atoms with van der Waals surface area (Å²) in [5.74, 6) is -0.311. The molecule has 0 aliphatic carbocycles. The number of nitrogens with one attached hydrogen (secondary N) is 1. The molecule has 0 aliphatic heterocycles. The van der Waals surface area contributed by atoms with Gasteiger partial charge in [0.2, 0.25) is 0 Å². The Morgan fingerprint density at radius 2 is 1.89 bits per heavy atom. The van der Waals surface area contributed by atoms with E-state index in [1.54, 1.807) is 36.4 Å². The van der Waals surface area contributed by atoms with Crippen molar-refractivity contribution < 1.29 is 13.9 Å². The molecule has 0 saturated carbocycles. The molecule has 27 heavy (non-hydrogen) atoms. The molecule has 0 unspecified atom stereocenters. The van der Waals surface area contributed by atoms with Gasteiger partial charge in [0.25, 0.3) is 11.5 Å².